The van der Waals surface area contributed by atoms with E-state index in [1.807, 2.05) is 0 Å². The van der Waals surface area contributed by atoms with Crippen LogP contribution in [0.15, 0.2) is 0 Å². The zero-order chi connectivity index (χ0) is 9.53. The molecule has 0 unspecified atom stereocenters. The lowest BCUT2D eigenvalue weighted by Gasteiger charge is -2.49. The fourth-order valence-electron chi connectivity index (χ4n) is 2.78. The second-order valence-corrected chi connectivity index (χ2v) is 6.03. The molecule has 2 rings (SSSR count). The fourth-order valence-corrected chi connectivity index (χ4v) is 2.78. The summed E-state index contributed by atoms with van der Waals surface area (Å²) >= 11 is 0. The van der Waals surface area contributed by atoms with Gasteiger partial charge in [0.1, 0.15) is 0 Å². The largest absolute Gasteiger partial charge is 0.325 e. The molecule has 2 aliphatic carbocycles. The van der Waals surface area contributed by atoms with Crippen LogP contribution in [0, 0.1) is 11.3 Å². The minimum atomic E-state index is 0.230. The van der Waals surface area contributed by atoms with E-state index in [0.29, 0.717) is 5.41 Å². The fraction of sp³-hybridized carbons (Fsp3) is 1.00. The van der Waals surface area contributed by atoms with E-state index in [9.17, 15) is 0 Å². The molecule has 0 aromatic heterocycles. The molecule has 2 fully saturated rings. The van der Waals surface area contributed by atoms with Gasteiger partial charge in [0.25, 0.3) is 0 Å². The van der Waals surface area contributed by atoms with Gasteiger partial charge in [-0.2, -0.15) is 0 Å². The molecule has 0 aliphatic heterocycles. The van der Waals surface area contributed by atoms with Crippen LogP contribution >= 0.6 is 0 Å². The van der Waals surface area contributed by atoms with Crippen LogP contribution in [0.2, 0.25) is 0 Å². The average Bonchev–Trinajstić information content (AvgIpc) is 1.93. The van der Waals surface area contributed by atoms with Crippen LogP contribution in [-0.4, -0.2) is 5.54 Å². The molecular formula is C12H23N. The zero-order valence-electron chi connectivity index (χ0n) is 9.10. The predicted octanol–water partition coefficient (Wildman–Crippen LogP) is 3.08. The van der Waals surface area contributed by atoms with Crippen molar-refractivity contribution in [1.29, 1.82) is 0 Å². The van der Waals surface area contributed by atoms with Crippen molar-refractivity contribution in [2.24, 2.45) is 17.1 Å². The van der Waals surface area contributed by atoms with Crippen LogP contribution in [-0.2, 0) is 0 Å². The minimum Gasteiger partial charge on any atom is -0.325 e. The van der Waals surface area contributed by atoms with Crippen molar-refractivity contribution < 1.29 is 0 Å². The maximum Gasteiger partial charge on any atom is 0.0183 e. The van der Waals surface area contributed by atoms with Crippen molar-refractivity contribution in [1.82, 2.24) is 0 Å². The molecule has 0 heterocycles. The smallest absolute Gasteiger partial charge is 0.0183 e. The van der Waals surface area contributed by atoms with Gasteiger partial charge in [-0.05, 0) is 49.9 Å². The number of nitrogens with two attached hydrogens (primary N) is 1. The van der Waals surface area contributed by atoms with Crippen molar-refractivity contribution in [3.05, 3.63) is 0 Å². The highest BCUT2D eigenvalue weighted by Gasteiger charge is 2.42. The van der Waals surface area contributed by atoms with Gasteiger partial charge in [0.2, 0.25) is 0 Å². The molecular weight excluding hydrogens is 158 g/mol. The van der Waals surface area contributed by atoms with Gasteiger partial charge in [-0.25, -0.2) is 0 Å². The van der Waals surface area contributed by atoms with E-state index < -0.39 is 0 Å². The summed E-state index contributed by atoms with van der Waals surface area (Å²) in [5, 5.41) is 0. The van der Waals surface area contributed by atoms with E-state index in [0.717, 1.165) is 5.92 Å². The highest BCUT2D eigenvalue weighted by molar-refractivity contribution is 4.99. The maximum absolute atomic E-state index is 6.49. The first kappa shape index (κ1) is 9.51. The van der Waals surface area contributed by atoms with Gasteiger partial charge in [-0.3, -0.25) is 0 Å². The van der Waals surface area contributed by atoms with E-state index in [2.05, 4.69) is 13.8 Å². The third-order valence-electron chi connectivity index (χ3n) is 4.45. The lowest BCUT2D eigenvalue weighted by molar-refractivity contribution is 0.0763. The second-order valence-electron chi connectivity index (χ2n) is 6.03. The normalized spacial score (nSPS) is 32.5. The highest BCUT2D eigenvalue weighted by Crippen LogP contribution is 2.47. The lowest BCUT2D eigenvalue weighted by atomic mass is 9.60. The van der Waals surface area contributed by atoms with E-state index >= 15 is 0 Å². The van der Waals surface area contributed by atoms with E-state index in [-0.39, 0.29) is 5.54 Å². The molecule has 76 valence electrons. The molecule has 13 heavy (non-hydrogen) atoms. The molecule has 0 radical (unpaired) electrons. The Balaban J connectivity index is 1.95. The Morgan fingerprint density at radius 2 is 1.54 bits per heavy atom. The molecule has 0 saturated heterocycles. The second kappa shape index (κ2) is 2.98. The molecule has 0 aromatic rings. The third kappa shape index (κ3) is 1.76. The molecule has 0 spiro atoms. The maximum atomic E-state index is 6.49. The highest BCUT2D eigenvalue weighted by atomic mass is 14.8. The van der Waals surface area contributed by atoms with Gasteiger partial charge in [0, 0.05) is 5.54 Å². The molecule has 0 aromatic carbocycles. The number of hydrogen-bond donors (Lipinski definition) is 1. The first-order valence-electron chi connectivity index (χ1n) is 5.81. The summed E-state index contributed by atoms with van der Waals surface area (Å²) in [6.45, 7) is 4.76. The first-order chi connectivity index (χ1) is 6.02. The quantitative estimate of drug-likeness (QED) is 0.661. The van der Waals surface area contributed by atoms with Crippen molar-refractivity contribution >= 4 is 0 Å². The molecule has 1 nitrogen and oxygen atoms in total. The van der Waals surface area contributed by atoms with Gasteiger partial charge < -0.3 is 5.73 Å². The summed E-state index contributed by atoms with van der Waals surface area (Å²) in [5.41, 5.74) is 7.28. The van der Waals surface area contributed by atoms with Crippen molar-refractivity contribution in [3.63, 3.8) is 0 Å². The van der Waals surface area contributed by atoms with Crippen LogP contribution in [0.5, 0.6) is 0 Å². The summed E-state index contributed by atoms with van der Waals surface area (Å²) in [4.78, 5) is 0. The van der Waals surface area contributed by atoms with Crippen molar-refractivity contribution in [3.8, 4) is 0 Å². The predicted molar refractivity (Wildman–Crippen MR) is 56.5 cm³/mol. The van der Waals surface area contributed by atoms with E-state index in [4.69, 9.17) is 5.73 Å². The Morgan fingerprint density at radius 1 is 1.00 bits per heavy atom. The summed E-state index contributed by atoms with van der Waals surface area (Å²) in [5.74, 6) is 0.864. The monoisotopic (exact) mass is 181 g/mol. The molecule has 1 heteroatoms. The Hall–Kier alpha value is -0.0400. The minimum absolute atomic E-state index is 0.230. The van der Waals surface area contributed by atoms with Gasteiger partial charge >= 0.3 is 0 Å². The molecule has 0 bridgehead atoms. The number of rotatable bonds is 1. The molecule has 0 amide bonds. The summed E-state index contributed by atoms with van der Waals surface area (Å²) in [6, 6.07) is 0. The third-order valence-corrected chi connectivity index (χ3v) is 4.45. The molecule has 2 N–H and O–H groups in total. The van der Waals surface area contributed by atoms with Crippen molar-refractivity contribution in [2.75, 3.05) is 0 Å². The van der Waals surface area contributed by atoms with Crippen LogP contribution in [0.3, 0.4) is 0 Å². The Kier molecular flexibility index (Phi) is 2.18. The van der Waals surface area contributed by atoms with Gasteiger partial charge in [0.15, 0.2) is 0 Å². The van der Waals surface area contributed by atoms with Gasteiger partial charge in [0.05, 0.1) is 0 Å². The lowest BCUT2D eigenvalue weighted by Crippen LogP contribution is -2.53. The van der Waals surface area contributed by atoms with Crippen LogP contribution < -0.4 is 5.73 Å². The number of hydrogen-bond acceptors (Lipinski definition) is 1. The standard InChI is InChI=1S/C12H23N/c1-11(2)6-8-12(13,9-7-11)10-4-3-5-10/h10H,3-9,13H2,1-2H3. The van der Waals surface area contributed by atoms with Crippen molar-refractivity contribution in [2.45, 2.75) is 64.3 Å². The Labute approximate surface area is 82.1 Å². The zero-order valence-corrected chi connectivity index (χ0v) is 9.10. The average molecular weight is 181 g/mol. The molecule has 0 atom stereocenters. The van der Waals surface area contributed by atoms with E-state index in [1.54, 1.807) is 0 Å². The summed E-state index contributed by atoms with van der Waals surface area (Å²) in [6.07, 6.45) is 9.43. The SMILES string of the molecule is CC1(C)CCC(N)(C2CCC2)CC1. The summed E-state index contributed by atoms with van der Waals surface area (Å²) in [7, 11) is 0. The Bertz CT molecular complexity index is 181. The summed E-state index contributed by atoms with van der Waals surface area (Å²) < 4.78 is 0. The van der Waals surface area contributed by atoms with Crippen LogP contribution in [0.4, 0.5) is 0 Å². The van der Waals surface area contributed by atoms with Gasteiger partial charge in [-0.1, -0.05) is 20.3 Å². The van der Waals surface area contributed by atoms with Crippen LogP contribution in [0.1, 0.15) is 58.8 Å². The molecule has 2 saturated carbocycles. The first-order valence-corrected chi connectivity index (χ1v) is 5.81. The van der Waals surface area contributed by atoms with E-state index in [1.165, 1.54) is 44.9 Å². The topological polar surface area (TPSA) is 26.0 Å². The molecule has 2 aliphatic rings. The Morgan fingerprint density at radius 3 is 1.92 bits per heavy atom. The van der Waals surface area contributed by atoms with Crippen LogP contribution in [0.25, 0.3) is 0 Å². The van der Waals surface area contributed by atoms with Gasteiger partial charge in [-0.15, -0.1) is 0 Å².